The van der Waals surface area contributed by atoms with Gasteiger partial charge in [-0.2, -0.15) is 0 Å². The third-order valence-corrected chi connectivity index (χ3v) is 4.28. The van der Waals surface area contributed by atoms with Crippen LogP contribution in [0.3, 0.4) is 0 Å². The zero-order valence-electron chi connectivity index (χ0n) is 11.3. The highest BCUT2D eigenvalue weighted by Crippen LogP contribution is 2.26. The van der Waals surface area contributed by atoms with Gasteiger partial charge in [-0.25, -0.2) is 8.78 Å². The van der Waals surface area contributed by atoms with Crippen molar-refractivity contribution >= 4 is 11.8 Å². The highest BCUT2D eigenvalue weighted by Gasteiger charge is 2.10. The van der Waals surface area contributed by atoms with Crippen LogP contribution in [0.4, 0.5) is 8.78 Å². The van der Waals surface area contributed by atoms with Crippen molar-refractivity contribution in [2.24, 2.45) is 5.73 Å². The molecule has 106 valence electrons. The molecular formula is C16H17F2NS. The van der Waals surface area contributed by atoms with Crippen molar-refractivity contribution in [3.63, 3.8) is 0 Å². The van der Waals surface area contributed by atoms with Crippen molar-refractivity contribution in [2.75, 3.05) is 5.75 Å². The number of hydrogen-bond acceptors (Lipinski definition) is 2. The van der Waals surface area contributed by atoms with Crippen molar-refractivity contribution in [1.82, 2.24) is 0 Å². The first kappa shape index (κ1) is 15.0. The van der Waals surface area contributed by atoms with Gasteiger partial charge in [0.15, 0.2) is 0 Å². The third kappa shape index (κ3) is 3.81. The largest absolute Gasteiger partial charge is 0.323 e. The van der Waals surface area contributed by atoms with E-state index in [2.05, 4.69) is 6.92 Å². The fraction of sp³-hybridized carbons (Fsp3) is 0.250. The highest BCUT2D eigenvalue weighted by molar-refractivity contribution is 7.99. The van der Waals surface area contributed by atoms with E-state index in [1.165, 1.54) is 23.4 Å². The molecule has 4 heteroatoms. The lowest BCUT2D eigenvalue weighted by Crippen LogP contribution is -2.13. The SMILES string of the molecule is CCc1ccc(C(N)CSc2cc(F)ccc2F)cc1. The molecule has 1 atom stereocenters. The van der Waals surface area contributed by atoms with Gasteiger partial charge in [-0.15, -0.1) is 11.8 Å². The molecule has 0 aromatic heterocycles. The molecule has 0 spiro atoms. The minimum atomic E-state index is -0.435. The molecule has 0 saturated heterocycles. The molecule has 0 radical (unpaired) electrons. The number of benzene rings is 2. The summed E-state index contributed by atoms with van der Waals surface area (Å²) in [6.07, 6.45) is 0.985. The standard InChI is InChI=1S/C16H17F2NS/c1-2-11-3-5-12(6-4-11)15(19)10-20-16-9-13(17)7-8-14(16)18/h3-9,15H,2,10,19H2,1H3. The van der Waals surface area contributed by atoms with E-state index in [-0.39, 0.29) is 6.04 Å². The van der Waals surface area contributed by atoms with Crippen LogP contribution < -0.4 is 5.73 Å². The van der Waals surface area contributed by atoms with E-state index < -0.39 is 11.6 Å². The predicted octanol–water partition coefficient (Wildman–Crippen LogP) is 4.32. The molecule has 0 aliphatic heterocycles. The molecule has 2 N–H and O–H groups in total. The summed E-state index contributed by atoms with van der Waals surface area (Å²) in [6.45, 7) is 2.09. The maximum absolute atomic E-state index is 13.5. The molecule has 0 aliphatic rings. The molecule has 0 heterocycles. The number of rotatable bonds is 5. The quantitative estimate of drug-likeness (QED) is 0.831. The summed E-state index contributed by atoms with van der Waals surface area (Å²) in [6, 6.07) is 11.3. The second kappa shape index (κ2) is 6.86. The molecule has 2 aromatic carbocycles. The number of nitrogens with two attached hydrogens (primary N) is 1. The van der Waals surface area contributed by atoms with Gasteiger partial charge in [-0.3, -0.25) is 0 Å². The average molecular weight is 293 g/mol. The zero-order valence-corrected chi connectivity index (χ0v) is 12.1. The van der Waals surface area contributed by atoms with E-state index in [0.717, 1.165) is 24.1 Å². The van der Waals surface area contributed by atoms with E-state index in [1.54, 1.807) is 0 Å². The molecule has 2 aromatic rings. The summed E-state index contributed by atoms with van der Waals surface area (Å²) in [7, 11) is 0. The Morgan fingerprint density at radius 3 is 2.45 bits per heavy atom. The molecule has 1 unspecified atom stereocenters. The normalized spacial score (nSPS) is 12.4. The molecule has 0 aliphatic carbocycles. The fourth-order valence-corrected chi connectivity index (χ4v) is 2.82. The van der Waals surface area contributed by atoms with Crippen LogP contribution in [0.2, 0.25) is 0 Å². The number of hydrogen-bond donors (Lipinski definition) is 1. The second-order valence-electron chi connectivity index (χ2n) is 4.59. The Hall–Kier alpha value is -1.39. The minimum Gasteiger partial charge on any atom is -0.323 e. The Labute approximate surface area is 122 Å². The molecule has 0 amide bonds. The summed E-state index contributed by atoms with van der Waals surface area (Å²) >= 11 is 1.23. The molecule has 0 fully saturated rings. The lowest BCUT2D eigenvalue weighted by atomic mass is 10.1. The second-order valence-corrected chi connectivity index (χ2v) is 5.65. The van der Waals surface area contributed by atoms with Gasteiger partial charge in [-0.05, 0) is 35.7 Å². The molecule has 1 nitrogen and oxygen atoms in total. The number of halogens is 2. The van der Waals surface area contributed by atoms with Gasteiger partial charge < -0.3 is 5.73 Å². The van der Waals surface area contributed by atoms with Gasteiger partial charge in [0.1, 0.15) is 11.6 Å². The smallest absolute Gasteiger partial charge is 0.136 e. The minimum absolute atomic E-state index is 0.200. The van der Waals surface area contributed by atoms with Crippen LogP contribution in [0.25, 0.3) is 0 Å². The summed E-state index contributed by atoms with van der Waals surface area (Å²) in [4.78, 5) is 0.297. The van der Waals surface area contributed by atoms with Crippen LogP contribution in [0.1, 0.15) is 24.1 Å². The predicted molar refractivity (Wildman–Crippen MR) is 79.8 cm³/mol. The fourth-order valence-electron chi connectivity index (χ4n) is 1.86. The van der Waals surface area contributed by atoms with Gasteiger partial charge in [0.2, 0.25) is 0 Å². The first-order chi connectivity index (χ1) is 9.60. The molecule has 2 rings (SSSR count). The van der Waals surface area contributed by atoms with E-state index in [1.807, 2.05) is 24.3 Å². The van der Waals surface area contributed by atoms with Gasteiger partial charge in [-0.1, -0.05) is 31.2 Å². The molecule has 0 saturated carbocycles. The highest BCUT2D eigenvalue weighted by atomic mass is 32.2. The Morgan fingerprint density at radius 1 is 1.10 bits per heavy atom. The lowest BCUT2D eigenvalue weighted by molar-refractivity contribution is 0.577. The summed E-state index contributed by atoms with van der Waals surface area (Å²) < 4.78 is 26.6. The Morgan fingerprint density at radius 2 is 1.80 bits per heavy atom. The summed E-state index contributed by atoms with van der Waals surface area (Å²) in [5.74, 6) is -0.342. The Bertz CT molecular complexity index is 569. The molecule has 0 bridgehead atoms. The lowest BCUT2D eigenvalue weighted by Gasteiger charge is -2.12. The van der Waals surface area contributed by atoms with E-state index in [9.17, 15) is 8.78 Å². The van der Waals surface area contributed by atoms with Crippen LogP contribution in [-0.4, -0.2) is 5.75 Å². The molecular weight excluding hydrogens is 276 g/mol. The molecule has 20 heavy (non-hydrogen) atoms. The van der Waals surface area contributed by atoms with Gasteiger partial charge in [0.25, 0.3) is 0 Å². The summed E-state index contributed by atoms with van der Waals surface area (Å²) in [5, 5.41) is 0. The van der Waals surface area contributed by atoms with Gasteiger partial charge >= 0.3 is 0 Å². The van der Waals surface area contributed by atoms with E-state index >= 15 is 0 Å². The number of aryl methyl sites for hydroxylation is 1. The average Bonchev–Trinajstić information content (AvgIpc) is 2.48. The monoisotopic (exact) mass is 293 g/mol. The maximum Gasteiger partial charge on any atom is 0.136 e. The third-order valence-electron chi connectivity index (χ3n) is 3.13. The van der Waals surface area contributed by atoms with Crippen molar-refractivity contribution in [2.45, 2.75) is 24.3 Å². The van der Waals surface area contributed by atoms with E-state index in [0.29, 0.717) is 10.6 Å². The van der Waals surface area contributed by atoms with E-state index in [4.69, 9.17) is 5.73 Å². The van der Waals surface area contributed by atoms with Crippen LogP contribution in [0, 0.1) is 11.6 Å². The van der Waals surface area contributed by atoms with Crippen molar-refractivity contribution in [3.8, 4) is 0 Å². The van der Waals surface area contributed by atoms with Gasteiger partial charge in [0, 0.05) is 16.7 Å². The summed E-state index contributed by atoms with van der Waals surface area (Å²) in [5.41, 5.74) is 8.35. The van der Waals surface area contributed by atoms with Crippen molar-refractivity contribution in [3.05, 3.63) is 65.2 Å². The van der Waals surface area contributed by atoms with Crippen molar-refractivity contribution in [1.29, 1.82) is 0 Å². The Kier molecular flexibility index (Phi) is 5.15. The van der Waals surface area contributed by atoms with Crippen LogP contribution in [-0.2, 0) is 6.42 Å². The topological polar surface area (TPSA) is 26.0 Å². The van der Waals surface area contributed by atoms with Crippen LogP contribution in [0.15, 0.2) is 47.4 Å². The first-order valence-corrected chi connectivity index (χ1v) is 7.51. The van der Waals surface area contributed by atoms with Crippen molar-refractivity contribution < 1.29 is 8.78 Å². The van der Waals surface area contributed by atoms with Crippen LogP contribution >= 0.6 is 11.8 Å². The number of thioether (sulfide) groups is 1. The van der Waals surface area contributed by atoms with Crippen LogP contribution in [0.5, 0.6) is 0 Å². The first-order valence-electron chi connectivity index (χ1n) is 6.52. The van der Waals surface area contributed by atoms with Gasteiger partial charge in [0.05, 0.1) is 0 Å². The Balaban J connectivity index is 2.00. The maximum atomic E-state index is 13.5. The zero-order chi connectivity index (χ0) is 14.5.